The molecular weight excluding hydrogens is 277 g/mol. The van der Waals surface area contributed by atoms with Crippen LogP contribution in [0.15, 0.2) is 22.7 Å². The van der Waals surface area contributed by atoms with Gasteiger partial charge in [-0.1, -0.05) is 15.9 Å². The summed E-state index contributed by atoms with van der Waals surface area (Å²) in [5.74, 6) is -0.788. The number of alkyl halides is 3. The van der Waals surface area contributed by atoms with Gasteiger partial charge in [0.25, 0.3) is 0 Å². The van der Waals surface area contributed by atoms with Crippen LogP contribution in [0.3, 0.4) is 0 Å². The van der Waals surface area contributed by atoms with Crippen LogP contribution in [0.25, 0.3) is 0 Å². The molecule has 0 aromatic heterocycles. The number of rotatable bonds is 1. The Hall–Kier alpha value is -1.04. The van der Waals surface area contributed by atoms with Gasteiger partial charge in [0.1, 0.15) is 5.75 Å². The summed E-state index contributed by atoms with van der Waals surface area (Å²) in [5.41, 5.74) is -0.874. The van der Waals surface area contributed by atoms with Crippen LogP contribution in [0.2, 0.25) is 0 Å². The number of hydrogen-bond donors (Lipinski definition) is 0. The van der Waals surface area contributed by atoms with Crippen LogP contribution in [0, 0.1) is 0 Å². The van der Waals surface area contributed by atoms with Gasteiger partial charge in [-0.3, -0.25) is 4.79 Å². The van der Waals surface area contributed by atoms with Gasteiger partial charge in [0.2, 0.25) is 0 Å². The first-order chi connectivity index (χ1) is 6.80. The maximum absolute atomic E-state index is 12.4. The summed E-state index contributed by atoms with van der Waals surface area (Å²) in [7, 11) is 0. The van der Waals surface area contributed by atoms with E-state index in [1.807, 2.05) is 0 Å². The van der Waals surface area contributed by atoms with E-state index in [2.05, 4.69) is 20.7 Å². The van der Waals surface area contributed by atoms with Crippen molar-refractivity contribution < 1.29 is 22.7 Å². The fourth-order valence-corrected chi connectivity index (χ4v) is 1.42. The molecule has 0 fully saturated rings. The normalized spacial score (nSPS) is 11.3. The summed E-state index contributed by atoms with van der Waals surface area (Å²) in [5, 5.41) is 0. The molecule has 0 bridgehead atoms. The summed E-state index contributed by atoms with van der Waals surface area (Å²) < 4.78 is 41.6. The molecule has 0 atom stereocenters. The maximum Gasteiger partial charge on any atom is 0.417 e. The Balaban J connectivity index is 3.11. The predicted octanol–water partition coefficient (Wildman–Crippen LogP) is 3.39. The minimum Gasteiger partial charge on any atom is -0.427 e. The third kappa shape index (κ3) is 3.23. The van der Waals surface area contributed by atoms with E-state index in [9.17, 15) is 18.0 Å². The molecule has 0 saturated carbocycles. The van der Waals surface area contributed by atoms with E-state index in [4.69, 9.17) is 0 Å². The summed E-state index contributed by atoms with van der Waals surface area (Å²) in [6.45, 7) is 1.12. The van der Waals surface area contributed by atoms with Gasteiger partial charge in [-0.25, -0.2) is 0 Å². The number of hydrogen-bond acceptors (Lipinski definition) is 2. The number of halogens is 4. The molecule has 6 heteroatoms. The Morgan fingerprint density at radius 1 is 1.40 bits per heavy atom. The fraction of sp³-hybridized carbons (Fsp3) is 0.222. The van der Waals surface area contributed by atoms with E-state index < -0.39 is 17.7 Å². The quantitative estimate of drug-likeness (QED) is 0.583. The van der Waals surface area contributed by atoms with Gasteiger partial charge in [0, 0.05) is 11.4 Å². The van der Waals surface area contributed by atoms with Crippen molar-refractivity contribution in [2.75, 3.05) is 0 Å². The van der Waals surface area contributed by atoms with Crippen molar-refractivity contribution in [3.8, 4) is 5.75 Å². The van der Waals surface area contributed by atoms with E-state index >= 15 is 0 Å². The Bertz CT molecular complexity index is 387. The van der Waals surface area contributed by atoms with Crippen molar-refractivity contribution >= 4 is 21.9 Å². The van der Waals surface area contributed by atoms with Crippen LogP contribution in [0.5, 0.6) is 5.75 Å². The van der Waals surface area contributed by atoms with Crippen LogP contribution < -0.4 is 4.74 Å². The van der Waals surface area contributed by atoms with Crippen molar-refractivity contribution in [2.24, 2.45) is 0 Å². The topological polar surface area (TPSA) is 26.3 Å². The highest BCUT2D eigenvalue weighted by Crippen LogP contribution is 2.36. The second-order valence-electron chi connectivity index (χ2n) is 2.73. The molecule has 0 spiro atoms. The molecule has 82 valence electrons. The second-order valence-corrected chi connectivity index (χ2v) is 3.59. The van der Waals surface area contributed by atoms with Crippen LogP contribution in [0.1, 0.15) is 12.5 Å². The third-order valence-corrected chi connectivity index (χ3v) is 2.20. The van der Waals surface area contributed by atoms with E-state index in [1.165, 1.54) is 12.1 Å². The number of benzene rings is 1. The zero-order valence-corrected chi connectivity index (χ0v) is 9.15. The highest BCUT2D eigenvalue weighted by molar-refractivity contribution is 9.10. The first-order valence-electron chi connectivity index (χ1n) is 3.86. The van der Waals surface area contributed by atoms with Crippen LogP contribution in [-0.4, -0.2) is 5.97 Å². The van der Waals surface area contributed by atoms with Crippen molar-refractivity contribution in [3.63, 3.8) is 0 Å². The molecule has 0 amide bonds. The minimum atomic E-state index is -4.48. The molecule has 0 radical (unpaired) electrons. The van der Waals surface area contributed by atoms with Crippen molar-refractivity contribution in [3.05, 3.63) is 28.2 Å². The molecule has 0 saturated heterocycles. The largest absolute Gasteiger partial charge is 0.427 e. The second kappa shape index (κ2) is 4.22. The standard InChI is InChI=1S/C9H6BrF3O2/c1-5(14)15-6-2-3-8(10)7(4-6)9(11,12)13/h2-4H,1H3. The van der Waals surface area contributed by atoms with Gasteiger partial charge in [-0.2, -0.15) is 13.2 Å². The van der Waals surface area contributed by atoms with Gasteiger partial charge in [0.05, 0.1) is 5.56 Å². The Morgan fingerprint density at radius 3 is 2.47 bits per heavy atom. The third-order valence-electron chi connectivity index (χ3n) is 1.50. The van der Waals surface area contributed by atoms with Crippen molar-refractivity contribution in [1.29, 1.82) is 0 Å². The molecule has 0 N–H and O–H groups in total. The van der Waals surface area contributed by atoms with Crippen molar-refractivity contribution in [1.82, 2.24) is 0 Å². The first-order valence-corrected chi connectivity index (χ1v) is 4.65. The maximum atomic E-state index is 12.4. The molecule has 2 nitrogen and oxygen atoms in total. The number of carbonyl (C=O) groups is 1. The average molecular weight is 283 g/mol. The van der Waals surface area contributed by atoms with E-state index in [1.54, 1.807) is 0 Å². The van der Waals surface area contributed by atoms with Gasteiger partial charge in [0.15, 0.2) is 0 Å². The van der Waals surface area contributed by atoms with Gasteiger partial charge >= 0.3 is 12.1 Å². The number of ether oxygens (including phenoxy) is 1. The summed E-state index contributed by atoms with van der Waals surface area (Å²) >= 11 is 2.77. The number of esters is 1. The summed E-state index contributed by atoms with van der Waals surface area (Å²) in [6, 6.07) is 3.23. The zero-order chi connectivity index (χ0) is 11.6. The Kier molecular flexibility index (Phi) is 3.38. The van der Waals surface area contributed by atoms with Crippen LogP contribution in [0.4, 0.5) is 13.2 Å². The minimum absolute atomic E-state index is 0.0918. The SMILES string of the molecule is CC(=O)Oc1ccc(Br)c(C(F)(F)F)c1. The average Bonchev–Trinajstić information content (AvgIpc) is 2.05. The predicted molar refractivity (Wildman–Crippen MR) is 50.5 cm³/mol. The van der Waals surface area contributed by atoms with E-state index in [-0.39, 0.29) is 10.2 Å². The Labute approximate surface area is 92.2 Å². The molecule has 0 aliphatic heterocycles. The smallest absolute Gasteiger partial charge is 0.417 e. The summed E-state index contributed by atoms with van der Waals surface area (Å²) in [6.07, 6.45) is -4.48. The summed E-state index contributed by atoms with van der Waals surface area (Å²) in [4.78, 5) is 10.5. The zero-order valence-electron chi connectivity index (χ0n) is 7.56. The van der Waals surface area contributed by atoms with Crippen LogP contribution in [-0.2, 0) is 11.0 Å². The molecule has 0 unspecified atom stereocenters. The van der Waals surface area contributed by atoms with E-state index in [0.717, 1.165) is 13.0 Å². The van der Waals surface area contributed by atoms with Crippen molar-refractivity contribution in [2.45, 2.75) is 13.1 Å². The van der Waals surface area contributed by atoms with Gasteiger partial charge in [-0.05, 0) is 18.2 Å². The lowest BCUT2D eigenvalue weighted by Gasteiger charge is -2.10. The monoisotopic (exact) mass is 282 g/mol. The highest BCUT2D eigenvalue weighted by Gasteiger charge is 2.33. The molecule has 0 aliphatic carbocycles. The number of carbonyl (C=O) groups excluding carboxylic acids is 1. The molecule has 1 aromatic rings. The highest BCUT2D eigenvalue weighted by atomic mass is 79.9. The molecule has 0 aliphatic rings. The lowest BCUT2D eigenvalue weighted by atomic mass is 10.2. The first kappa shape index (κ1) is 12.0. The van der Waals surface area contributed by atoms with Gasteiger partial charge in [-0.15, -0.1) is 0 Å². The lowest BCUT2D eigenvalue weighted by molar-refractivity contribution is -0.139. The van der Waals surface area contributed by atoms with Gasteiger partial charge < -0.3 is 4.74 Å². The molecular formula is C9H6BrF3O2. The molecule has 1 aromatic carbocycles. The Morgan fingerprint density at radius 2 is 2.00 bits per heavy atom. The molecule has 1 rings (SSSR count). The van der Waals surface area contributed by atoms with E-state index in [0.29, 0.717) is 0 Å². The fourth-order valence-electron chi connectivity index (χ4n) is 0.951. The molecule has 15 heavy (non-hydrogen) atoms. The molecule has 0 heterocycles. The van der Waals surface area contributed by atoms with Crippen LogP contribution >= 0.6 is 15.9 Å². The lowest BCUT2D eigenvalue weighted by Crippen LogP contribution is -2.08.